The third-order valence-electron chi connectivity index (χ3n) is 2.88. The number of hydrogen-bond acceptors (Lipinski definition) is 3. The van der Waals surface area contributed by atoms with E-state index in [2.05, 4.69) is 24.5 Å². The van der Waals surface area contributed by atoms with Gasteiger partial charge >= 0.3 is 0 Å². The third kappa shape index (κ3) is 4.73. The van der Waals surface area contributed by atoms with Crippen LogP contribution in [0.2, 0.25) is 5.02 Å². The number of carbonyl (C=O) groups excluding carboxylic acids is 1. The predicted octanol–water partition coefficient (Wildman–Crippen LogP) is 2.30. The van der Waals surface area contributed by atoms with Crippen molar-refractivity contribution in [2.45, 2.75) is 32.9 Å². The van der Waals surface area contributed by atoms with E-state index < -0.39 is 0 Å². The highest BCUT2D eigenvalue weighted by atomic mass is 35.5. The molecule has 0 radical (unpaired) electrons. The van der Waals surface area contributed by atoms with Crippen LogP contribution >= 0.6 is 11.6 Å². The minimum absolute atomic E-state index is 0.0461. The molecule has 0 bridgehead atoms. The van der Waals surface area contributed by atoms with Gasteiger partial charge in [0.1, 0.15) is 5.75 Å². The lowest BCUT2D eigenvalue weighted by Gasteiger charge is -2.19. The molecule has 1 amide bonds. The van der Waals surface area contributed by atoms with Crippen molar-refractivity contribution < 1.29 is 9.90 Å². The van der Waals surface area contributed by atoms with E-state index in [0.717, 1.165) is 6.42 Å². The van der Waals surface area contributed by atoms with Gasteiger partial charge in [0, 0.05) is 19.2 Å². The molecule has 0 aliphatic rings. The summed E-state index contributed by atoms with van der Waals surface area (Å²) in [6.07, 6.45) is 0.737. The van der Waals surface area contributed by atoms with Gasteiger partial charge in [-0.15, -0.1) is 0 Å². The van der Waals surface area contributed by atoms with Crippen molar-refractivity contribution in [1.29, 1.82) is 0 Å². The Kier molecular flexibility index (Phi) is 6.12. The van der Waals surface area contributed by atoms with Gasteiger partial charge in [0.25, 0.3) is 0 Å². The van der Waals surface area contributed by atoms with Gasteiger partial charge in [-0.2, -0.15) is 0 Å². The maximum atomic E-state index is 11.8. The van der Waals surface area contributed by atoms with Crippen LogP contribution < -0.4 is 10.6 Å². The number of hydrogen-bond donors (Lipinski definition) is 3. The molecule has 0 saturated heterocycles. The van der Waals surface area contributed by atoms with Crippen LogP contribution in [-0.2, 0) is 11.3 Å². The van der Waals surface area contributed by atoms with Gasteiger partial charge in [0.2, 0.25) is 5.91 Å². The second kappa shape index (κ2) is 7.36. The van der Waals surface area contributed by atoms with Gasteiger partial charge in [-0.1, -0.05) is 37.6 Å². The number of amides is 1. The number of phenols is 1. The van der Waals surface area contributed by atoms with E-state index in [0.29, 0.717) is 23.0 Å². The van der Waals surface area contributed by atoms with Crippen molar-refractivity contribution in [2.24, 2.45) is 5.92 Å². The molecule has 0 aliphatic carbocycles. The summed E-state index contributed by atoms with van der Waals surface area (Å²) in [5.41, 5.74) is 0.685. The van der Waals surface area contributed by atoms with E-state index in [4.69, 9.17) is 11.6 Å². The minimum atomic E-state index is -0.275. The Labute approximate surface area is 119 Å². The highest BCUT2D eigenvalue weighted by Crippen LogP contribution is 2.26. The SMILES string of the molecule is CNC(=O)C(CC(C)C)NCc1cccc(Cl)c1O. The largest absolute Gasteiger partial charge is 0.506 e. The highest BCUT2D eigenvalue weighted by molar-refractivity contribution is 6.32. The Morgan fingerprint density at radius 3 is 2.68 bits per heavy atom. The second-order valence-electron chi connectivity index (χ2n) is 4.92. The summed E-state index contributed by atoms with van der Waals surface area (Å²) in [5, 5.41) is 15.9. The van der Waals surface area contributed by atoms with Crippen LogP contribution in [0.4, 0.5) is 0 Å². The van der Waals surface area contributed by atoms with Gasteiger partial charge in [-0.25, -0.2) is 0 Å². The lowest BCUT2D eigenvalue weighted by Crippen LogP contribution is -2.43. The van der Waals surface area contributed by atoms with E-state index in [1.807, 2.05) is 0 Å². The normalized spacial score (nSPS) is 12.5. The fraction of sp³-hybridized carbons (Fsp3) is 0.500. The quantitative estimate of drug-likeness (QED) is 0.751. The smallest absolute Gasteiger partial charge is 0.236 e. The number of rotatable bonds is 6. The Bertz CT molecular complexity index is 435. The molecule has 0 fully saturated rings. The number of carbonyl (C=O) groups is 1. The zero-order chi connectivity index (χ0) is 14.4. The number of likely N-dealkylation sites (N-methyl/N-ethyl adjacent to an activating group) is 1. The summed E-state index contributed by atoms with van der Waals surface area (Å²) >= 11 is 5.85. The first-order valence-electron chi connectivity index (χ1n) is 6.37. The topological polar surface area (TPSA) is 61.4 Å². The average Bonchev–Trinajstić information content (AvgIpc) is 2.37. The van der Waals surface area contributed by atoms with Gasteiger partial charge in [-0.3, -0.25) is 4.79 Å². The molecule has 1 atom stereocenters. The fourth-order valence-electron chi connectivity index (χ4n) is 1.86. The van der Waals surface area contributed by atoms with E-state index >= 15 is 0 Å². The molecule has 19 heavy (non-hydrogen) atoms. The van der Waals surface area contributed by atoms with Gasteiger partial charge in [0.15, 0.2) is 0 Å². The van der Waals surface area contributed by atoms with E-state index in [9.17, 15) is 9.90 Å². The Hall–Kier alpha value is -1.26. The van der Waals surface area contributed by atoms with Crippen LogP contribution in [0.15, 0.2) is 18.2 Å². The molecule has 1 aromatic carbocycles. The summed E-state index contributed by atoms with van der Waals surface area (Å²) < 4.78 is 0. The number of aromatic hydroxyl groups is 1. The summed E-state index contributed by atoms with van der Waals surface area (Å²) in [6.45, 7) is 4.53. The number of halogens is 1. The van der Waals surface area contributed by atoms with Gasteiger partial charge in [0.05, 0.1) is 11.1 Å². The monoisotopic (exact) mass is 284 g/mol. The van der Waals surface area contributed by atoms with Crippen LogP contribution in [-0.4, -0.2) is 24.1 Å². The van der Waals surface area contributed by atoms with Crippen LogP contribution in [0.3, 0.4) is 0 Å². The molecular formula is C14H21ClN2O2. The second-order valence-corrected chi connectivity index (χ2v) is 5.33. The van der Waals surface area contributed by atoms with Crippen LogP contribution in [0.5, 0.6) is 5.75 Å². The van der Waals surface area contributed by atoms with Crippen molar-refractivity contribution >= 4 is 17.5 Å². The standard InChI is InChI=1S/C14H21ClN2O2/c1-9(2)7-12(14(19)16-3)17-8-10-5-4-6-11(15)13(10)18/h4-6,9,12,17-18H,7-8H2,1-3H3,(H,16,19). The Morgan fingerprint density at radius 1 is 1.42 bits per heavy atom. The minimum Gasteiger partial charge on any atom is -0.506 e. The summed E-state index contributed by atoms with van der Waals surface area (Å²) in [7, 11) is 1.62. The molecule has 0 aromatic heterocycles. The molecule has 3 N–H and O–H groups in total. The Balaban J connectivity index is 2.70. The van der Waals surface area contributed by atoms with Crippen molar-refractivity contribution in [3.63, 3.8) is 0 Å². The highest BCUT2D eigenvalue weighted by Gasteiger charge is 2.18. The third-order valence-corrected chi connectivity index (χ3v) is 3.18. The molecule has 0 spiro atoms. The van der Waals surface area contributed by atoms with Gasteiger partial charge in [-0.05, 0) is 18.4 Å². The molecule has 0 saturated carbocycles. The first kappa shape index (κ1) is 15.8. The molecule has 1 rings (SSSR count). The molecule has 0 heterocycles. The lowest BCUT2D eigenvalue weighted by molar-refractivity contribution is -0.123. The summed E-state index contributed by atoms with van der Waals surface area (Å²) in [4.78, 5) is 11.8. The predicted molar refractivity (Wildman–Crippen MR) is 77.3 cm³/mol. The number of nitrogens with one attached hydrogen (secondary N) is 2. The van der Waals surface area contributed by atoms with E-state index in [1.54, 1.807) is 25.2 Å². The maximum absolute atomic E-state index is 11.8. The van der Waals surface area contributed by atoms with Crippen LogP contribution in [0.1, 0.15) is 25.8 Å². The number of para-hydroxylation sites is 1. The van der Waals surface area contributed by atoms with Crippen LogP contribution in [0.25, 0.3) is 0 Å². The molecule has 5 heteroatoms. The summed E-state index contributed by atoms with van der Waals surface area (Å²) in [6, 6.07) is 4.91. The first-order chi connectivity index (χ1) is 8.95. The zero-order valence-electron chi connectivity index (χ0n) is 11.5. The molecule has 1 unspecified atom stereocenters. The number of benzene rings is 1. The fourth-order valence-corrected chi connectivity index (χ4v) is 2.06. The van der Waals surface area contributed by atoms with E-state index in [1.165, 1.54) is 0 Å². The number of phenolic OH excluding ortho intramolecular Hbond substituents is 1. The van der Waals surface area contributed by atoms with Crippen molar-refractivity contribution in [1.82, 2.24) is 10.6 Å². The van der Waals surface area contributed by atoms with Crippen molar-refractivity contribution in [3.8, 4) is 5.75 Å². The molecule has 0 aliphatic heterocycles. The van der Waals surface area contributed by atoms with Crippen LogP contribution in [0, 0.1) is 5.92 Å². The van der Waals surface area contributed by atoms with Crippen molar-refractivity contribution in [2.75, 3.05) is 7.05 Å². The van der Waals surface area contributed by atoms with E-state index in [-0.39, 0.29) is 17.7 Å². The molecule has 4 nitrogen and oxygen atoms in total. The van der Waals surface area contributed by atoms with Gasteiger partial charge < -0.3 is 15.7 Å². The molecular weight excluding hydrogens is 264 g/mol. The molecule has 1 aromatic rings. The summed E-state index contributed by atoms with van der Waals surface area (Å²) in [5.74, 6) is 0.426. The zero-order valence-corrected chi connectivity index (χ0v) is 12.3. The average molecular weight is 285 g/mol. The van der Waals surface area contributed by atoms with Crippen molar-refractivity contribution in [3.05, 3.63) is 28.8 Å². The maximum Gasteiger partial charge on any atom is 0.236 e. The molecule has 106 valence electrons. The Morgan fingerprint density at radius 2 is 2.11 bits per heavy atom. The lowest BCUT2D eigenvalue weighted by atomic mass is 10.0. The first-order valence-corrected chi connectivity index (χ1v) is 6.74.